The summed E-state index contributed by atoms with van der Waals surface area (Å²) in [6, 6.07) is 15.4. The van der Waals surface area contributed by atoms with Crippen LogP contribution in [0.2, 0.25) is 0 Å². The lowest BCUT2D eigenvalue weighted by Gasteiger charge is -2.36. The molecule has 1 unspecified atom stereocenters. The number of hydrogen-bond donors (Lipinski definition) is 0. The Morgan fingerprint density at radius 3 is 2.59 bits per heavy atom. The molecule has 0 bridgehead atoms. The van der Waals surface area contributed by atoms with Crippen LogP contribution in [0.25, 0.3) is 11.1 Å². The third-order valence-corrected chi connectivity index (χ3v) is 5.61. The summed E-state index contributed by atoms with van der Waals surface area (Å²) >= 11 is 0. The number of nitrogens with zero attached hydrogens (tertiary/aromatic N) is 4. The number of carbonyl (C=O) groups excluding carboxylic acids is 1. The molecule has 1 aromatic heterocycles. The Bertz CT molecular complexity index is 1060. The number of carbonyl (C=O) groups is 1. The van der Waals surface area contributed by atoms with Crippen molar-refractivity contribution < 1.29 is 13.9 Å². The summed E-state index contributed by atoms with van der Waals surface area (Å²) in [6.07, 6.45) is 4.50. The maximum atomic E-state index is 13.5. The second kappa shape index (κ2) is 9.77. The Kier molecular flexibility index (Phi) is 6.63. The molecule has 0 radical (unpaired) electrons. The first-order valence-corrected chi connectivity index (χ1v) is 10.8. The Labute approximate surface area is 187 Å². The van der Waals surface area contributed by atoms with E-state index in [1.165, 1.54) is 12.1 Å². The van der Waals surface area contributed by atoms with Gasteiger partial charge in [-0.05, 0) is 49.1 Å². The Balaban J connectivity index is 1.66. The van der Waals surface area contributed by atoms with Crippen molar-refractivity contribution in [3.05, 3.63) is 72.3 Å². The van der Waals surface area contributed by atoms with Gasteiger partial charge in [0, 0.05) is 32.4 Å². The molecule has 0 saturated carbocycles. The topological polar surface area (TPSA) is 58.6 Å². The first kappa shape index (κ1) is 21.7. The number of halogens is 1. The first-order valence-electron chi connectivity index (χ1n) is 10.8. The number of hydrogen-bond acceptors (Lipinski definition) is 5. The molecule has 1 aliphatic heterocycles. The monoisotopic (exact) mass is 434 g/mol. The average Bonchev–Trinajstić information content (AvgIpc) is 2.83. The van der Waals surface area contributed by atoms with Crippen molar-refractivity contribution in [1.82, 2.24) is 14.9 Å². The van der Waals surface area contributed by atoms with Crippen LogP contribution in [0.5, 0.6) is 5.75 Å². The summed E-state index contributed by atoms with van der Waals surface area (Å²) in [4.78, 5) is 26.2. The van der Waals surface area contributed by atoms with Gasteiger partial charge in [0.05, 0.1) is 11.7 Å². The van der Waals surface area contributed by atoms with Gasteiger partial charge in [0.25, 0.3) is 5.91 Å². The minimum Gasteiger partial charge on any atom is -0.484 e. The van der Waals surface area contributed by atoms with Crippen molar-refractivity contribution in [1.29, 1.82) is 0 Å². The van der Waals surface area contributed by atoms with Crippen LogP contribution in [-0.2, 0) is 4.79 Å². The van der Waals surface area contributed by atoms with Crippen LogP contribution < -0.4 is 9.64 Å². The molecule has 6 nitrogen and oxygen atoms in total. The number of para-hydroxylation sites is 1. The van der Waals surface area contributed by atoms with Gasteiger partial charge >= 0.3 is 0 Å². The number of amides is 1. The van der Waals surface area contributed by atoms with Crippen molar-refractivity contribution in [2.45, 2.75) is 25.3 Å². The normalized spacial score (nSPS) is 16.0. The largest absolute Gasteiger partial charge is 0.484 e. The quantitative estimate of drug-likeness (QED) is 0.573. The maximum Gasteiger partial charge on any atom is 0.261 e. The lowest BCUT2D eigenvalue weighted by molar-refractivity contribution is -0.137. The fourth-order valence-electron chi connectivity index (χ4n) is 3.97. The molecule has 1 aliphatic rings. The number of benzene rings is 2. The van der Waals surface area contributed by atoms with Crippen molar-refractivity contribution >= 4 is 11.9 Å². The highest BCUT2D eigenvalue weighted by Crippen LogP contribution is 2.36. The highest BCUT2D eigenvalue weighted by Gasteiger charge is 2.31. The summed E-state index contributed by atoms with van der Waals surface area (Å²) in [5.74, 6) is 0.866. The zero-order chi connectivity index (χ0) is 22.5. The number of aromatic nitrogens is 2. The van der Waals surface area contributed by atoms with Gasteiger partial charge in [0.2, 0.25) is 5.95 Å². The molecule has 1 saturated heterocycles. The second-order valence-electron chi connectivity index (χ2n) is 8.07. The average molecular weight is 435 g/mol. The van der Waals surface area contributed by atoms with E-state index in [2.05, 4.69) is 4.98 Å². The smallest absolute Gasteiger partial charge is 0.261 e. The van der Waals surface area contributed by atoms with Crippen LogP contribution in [0.4, 0.5) is 10.3 Å². The van der Waals surface area contributed by atoms with Crippen molar-refractivity contribution in [2.75, 3.05) is 32.1 Å². The van der Waals surface area contributed by atoms with E-state index in [4.69, 9.17) is 9.72 Å². The maximum absolute atomic E-state index is 13.5. The molecule has 1 atom stereocenters. The SMILES string of the molecule is CN(C)c1ncc(-c2ccc(F)cc2)c(C2CCCCN2C(=O)COc2ccccc2)n1. The van der Waals surface area contributed by atoms with Gasteiger partial charge in [-0.15, -0.1) is 0 Å². The predicted molar refractivity (Wildman–Crippen MR) is 122 cm³/mol. The molecule has 7 heteroatoms. The molecule has 166 valence electrons. The molecule has 0 spiro atoms. The second-order valence-corrected chi connectivity index (χ2v) is 8.07. The van der Waals surface area contributed by atoms with Crippen LogP contribution >= 0.6 is 0 Å². The Morgan fingerprint density at radius 2 is 1.88 bits per heavy atom. The van der Waals surface area contributed by atoms with Gasteiger partial charge < -0.3 is 14.5 Å². The van der Waals surface area contributed by atoms with Gasteiger partial charge in [-0.1, -0.05) is 30.3 Å². The molecule has 3 aromatic rings. The molecule has 2 heterocycles. The number of rotatable bonds is 6. The number of piperidine rings is 1. The molecule has 32 heavy (non-hydrogen) atoms. The van der Waals surface area contributed by atoms with E-state index in [1.807, 2.05) is 54.2 Å². The summed E-state index contributed by atoms with van der Waals surface area (Å²) < 4.78 is 19.2. The van der Waals surface area contributed by atoms with Crippen molar-refractivity contribution in [3.63, 3.8) is 0 Å². The first-order chi connectivity index (χ1) is 15.5. The molecular weight excluding hydrogens is 407 g/mol. The fraction of sp³-hybridized carbons (Fsp3) is 0.320. The van der Waals surface area contributed by atoms with Gasteiger partial charge in [0.15, 0.2) is 6.61 Å². The van der Waals surface area contributed by atoms with Gasteiger partial charge in [-0.25, -0.2) is 14.4 Å². The van der Waals surface area contributed by atoms with Gasteiger partial charge in [-0.3, -0.25) is 4.79 Å². The predicted octanol–water partition coefficient (Wildman–Crippen LogP) is 4.48. The van der Waals surface area contributed by atoms with Gasteiger partial charge in [0.1, 0.15) is 11.6 Å². The lowest BCUT2D eigenvalue weighted by Crippen LogP contribution is -2.41. The minimum absolute atomic E-state index is 0.0297. The van der Waals surface area contributed by atoms with E-state index in [0.29, 0.717) is 18.2 Å². The number of anilines is 1. The fourth-order valence-corrected chi connectivity index (χ4v) is 3.97. The van der Waals surface area contributed by atoms with E-state index < -0.39 is 0 Å². The summed E-state index contributed by atoms with van der Waals surface area (Å²) in [6.45, 7) is 0.615. The summed E-state index contributed by atoms with van der Waals surface area (Å²) in [7, 11) is 3.77. The van der Waals surface area contributed by atoms with E-state index in [9.17, 15) is 9.18 Å². The number of ether oxygens (including phenoxy) is 1. The third kappa shape index (κ3) is 4.88. The molecule has 1 fully saturated rings. The molecule has 4 rings (SSSR count). The van der Waals surface area contributed by atoms with E-state index in [0.717, 1.165) is 36.1 Å². The third-order valence-electron chi connectivity index (χ3n) is 5.61. The Hall–Kier alpha value is -3.48. The highest BCUT2D eigenvalue weighted by atomic mass is 19.1. The van der Waals surface area contributed by atoms with Gasteiger partial charge in [-0.2, -0.15) is 0 Å². The van der Waals surface area contributed by atoms with Crippen LogP contribution in [0, 0.1) is 5.82 Å². The van der Waals surface area contributed by atoms with E-state index >= 15 is 0 Å². The van der Waals surface area contributed by atoms with Crippen LogP contribution in [0.15, 0.2) is 60.8 Å². The van der Waals surface area contributed by atoms with Crippen molar-refractivity contribution in [2.24, 2.45) is 0 Å². The van der Waals surface area contributed by atoms with Crippen LogP contribution in [-0.4, -0.2) is 48.0 Å². The van der Waals surface area contributed by atoms with E-state index in [1.54, 1.807) is 18.3 Å². The lowest BCUT2D eigenvalue weighted by atomic mass is 9.93. The van der Waals surface area contributed by atoms with Crippen LogP contribution in [0.1, 0.15) is 31.0 Å². The molecule has 2 aromatic carbocycles. The summed E-state index contributed by atoms with van der Waals surface area (Å²) in [5.41, 5.74) is 2.41. The summed E-state index contributed by atoms with van der Waals surface area (Å²) in [5, 5.41) is 0. The molecule has 0 N–H and O–H groups in total. The van der Waals surface area contributed by atoms with E-state index in [-0.39, 0.29) is 24.4 Å². The molecule has 0 aliphatic carbocycles. The molecular formula is C25H27FN4O2. The Morgan fingerprint density at radius 1 is 1.12 bits per heavy atom. The zero-order valence-electron chi connectivity index (χ0n) is 18.4. The molecule has 1 amide bonds. The number of likely N-dealkylation sites (tertiary alicyclic amines) is 1. The zero-order valence-corrected chi connectivity index (χ0v) is 18.4. The van der Waals surface area contributed by atoms with Crippen molar-refractivity contribution in [3.8, 4) is 16.9 Å². The van der Waals surface area contributed by atoms with Crippen LogP contribution in [0.3, 0.4) is 0 Å². The minimum atomic E-state index is -0.298. The highest BCUT2D eigenvalue weighted by molar-refractivity contribution is 5.79. The standard InChI is InChI=1S/C25H27FN4O2/c1-29(2)25-27-16-21(18-11-13-19(26)14-12-18)24(28-25)22-10-6-7-15-30(22)23(31)17-32-20-8-4-3-5-9-20/h3-5,8-9,11-14,16,22H,6-7,10,15,17H2,1-2H3.